The van der Waals surface area contributed by atoms with Crippen molar-refractivity contribution in [1.29, 1.82) is 0 Å². The van der Waals surface area contributed by atoms with E-state index in [1.165, 1.54) is 11.8 Å². The molecule has 0 unspecified atom stereocenters. The van der Waals surface area contributed by atoms with Gasteiger partial charge in [-0.15, -0.1) is 0 Å². The molecular formula is C16H21N3O2. The molecule has 0 spiro atoms. The third kappa shape index (κ3) is 3.49. The van der Waals surface area contributed by atoms with E-state index in [1.54, 1.807) is 11.7 Å². The van der Waals surface area contributed by atoms with Crippen LogP contribution in [0.5, 0.6) is 0 Å². The highest BCUT2D eigenvalue weighted by molar-refractivity contribution is 5.88. The topological polar surface area (TPSA) is 67.2 Å². The van der Waals surface area contributed by atoms with Crippen molar-refractivity contribution >= 4 is 5.97 Å². The normalized spacial score (nSPS) is 11.6. The van der Waals surface area contributed by atoms with Crippen molar-refractivity contribution < 1.29 is 9.90 Å². The van der Waals surface area contributed by atoms with Crippen LogP contribution in [0.25, 0.3) is 0 Å². The number of rotatable bonds is 6. The Morgan fingerprint density at radius 3 is 2.62 bits per heavy atom. The molecular weight excluding hydrogens is 266 g/mol. The molecule has 2 rings (SSSR count). The van der Waals surface area contributed by atoms with Crippen molar-refractivity contribution in [2.45, 2.75) is 25.8 Å². The first-order chi connectivity index (χ1) is 9.92. The Morgan fingerprint density at radius 1 is 1.33 bits per heavy atom. The highest BCUT2D eigenvalue weighted by atomic mass is 16.4. The molecule has 1 aromatic heterocycles. The number of aryl methyl sites for hydroxylation is 1. The lowest BCUT2D eigenvalue weighted by molar-refractivity contribution is 0.0695. The first kappa shape index (κ1) is 15.3. The van der Waals surface area contributed by atoms with Gasteiger partial charge >= 0.3 is 5.97 Å². The third-order valence-electron chi connectivity index (χ3n) is 3.71. The summed E-state index contributed by atoms with van der Waals surface area (Å²) in [5.41, 5.74) is 2.17. The van der Waals surface area contributed by atoms with Crippen molar-refractivity contribution in [3.63, 3.8) is 0 Å². The Morgan fingerprint density at radius 2 is 2.00 bits per heavy atom. The van der Waals surface area contributed by atoms with Crippen LogP contribution < -0.4 is 5.32 Å². The highest BCUT2D eigenvalue weighted by Crippen LogP contribution is 2.21. The maximum absolute atomic E-state index is 11.1. The van der Waals surface area contributed by atoms with Gasteiger partial charge < -0.3 is 10.4 Å². The fraction of sp³-hybridized carbons (Fsp3) is 0.375. The molecule has 0 amide bonds. The fourth-order valence-electron chi connectivity index (χ4n) is 2.34. The molecule has 0 fully saturated rings. The second kappa shape index (κ2) is 6.10. The number of carboxylic acids is 1. The van der Waals surface area contributed by atoms with Crippen LogP contribution in [-0.4, -0.2) is 27.4 Å². The molecule has 2 aromatic rings. The molecule has 5 nitrogen and oxygen atoms in total. The molecule has 1 heterocycles. The molecule has 0 radical (unpaired) electrons. The van der Waals surface area contributed by atoms with Crippen LogP contribution >= 0.6 is 0 Å². The Kier molecular flexibility index (Phi) is 4.43. The van der Waals surface area contributed by atoms with Crippen molar-refractivity contribution in [3.05, 3.63) is 53.3 Å². The summed E-state index contributed by atoms with van der Waals surface area (Å²) in [7, 11) is 1.76. The largest absolute Gasteiger partial charge is 0.478 e. The number of carboxylic acid groups (broad SMARTS) is 1. The number of benzene rings is 1. The molecule has 0 aliphatic rings. The van der Waals surface area contributed by atoms with E-state index in [2.05, 4.69) is 36.4 Å². The molecule has 2 N–H and O–H groups in total. The van der Waals surface area contributed by atoms with Crippen LogP contribution in [0.3, 0.4) is 0 Å². The average Bonchev–Trinajstić information content (AvgIpc) is 2.81. The summed E-state index contributed by atoms with van der Waals surface area (Å²) in [6, 6.07) is 10.3. The standard InChI is InChI=1S/C16H21N3O2/c1-16(2,12-7-5-4-6-8-12)11-17-10-14-13(15(20)21)9-18-19(14)3/h4-9,17H,10-11H2,1-3H3,(H,20,21). The predicted octanol–water partition coefficient (Wildman–Crippen LogP) is 2.19. The van der Waals surface area contributed by atoms with E-state index in [1.807, 2.05) is 18.2 Å². The molecule has 0 saturated heterocycles. The monoisotopic (exact) mass is 287 g/mol. The molecule has 0 aliphatic carbocycles. The number of aromatic carboxylic acids is 1. The number of aromatic nitrogens is 2. The number of hydrogen-bond donors (Lipinski definition) is 2. The summed E-state index contributed by atoms with van der Waals surface area (Å²) in [4.78, 5) is 11.1. The summed E-state index contributed by atoms with van der Waals surface area (Å²) in [5.74, 6) is -0.942. The maximum atomic E-state index is 11.1. The van der Waals surface area contributed by atoms with E-state index in [4.69, 9.17) is 5.11 Å². The van der Waals surface area contributed by atoms with Gasteiger partial charge in [0.05, 0.1) is 11.9 Å². The van der Waals surface area contributed by atoms with Crippen LogP contribution in [0.1, 0.15) is 35.5 Å². The molecule has 112 valence electrons. The van der Waals surface area contributed by atoms with Crippen LogP contribution in [0, 0.1) is 0 Å². The summed E-state index contributed by atoms with van der Waals surface area (Å²) in [6.07, 6.45) is 1.39. The molecule has 1 aromatic carbocycles. The van der Waals surface area contributed by atoms with E-state index in [0.717, 1.165) is 6.54 Å². The van der Waals surface area contributed by atoms with Crippen LogP contribution in [-0.2, 0) is 19.0 Å². The van der Waals surface area contributed by atoms with Crippen molar-refractivity contribution in [2.24, 2.45) is 7.05 Å². The average molecular weight is 287 g/mol. The number of carbonyl (C=O) groups is 1. The second-order valence-corrected chi connectivity index (χ2v) is 5.79. The van der Waals surface area contributed by atoms with E-state index in [-0.39, 0.29) is 11.0 Å². The number of nitrogens with zero attached hydrogens (tertiary/aromatic N) is 2. The lowest BCUT2D eigenvalue weighted by Crippen LogP contribution is -2.33. The summed E-state index contributed by atoms with van der Waals surface area (Å²) < 4.78 is 1.60. The van der Waals surface area contributed by atoms with Gasteiger partial charge in [0.25, 0.3) is 0 Å². The molecule has 0 saturated carbocycles. The molecule has 5 heteroatoms. The number of hydrogen-bond acceptors (Lipinski definition) is 3. The Bertz CT molecular complexity index is 618. The highest BCUT2D eigenvalue weighted by Gasteiger charge is 2.21. The quantitative estimate of drug-likeness (QED) is 0.854. The molecule has 0 aliphatic heterocycles. The first-order valence-electron chi connectivity index (χ1n) is 6.92. The van der Waals surface area contributed by atoms with Crippen molar-refractivity contribution in [3.8, 4) is 0 Å². The smallest absolute Gasteiger partial charge is 0.339 e. The van der Waals surface area contributed by atoms with Gasteiger partial charge in [-0.1, -0.05) is 44.2 Å². The van der Waals surface area contributed by atoms with E-state index < -0.39 is 5.97 Å². The van der Waals surface area contributed by atoms with Gasteiger partial charge in [-0.25, -0.2) is 4.79 Å². The first-order valence-corrected chi connectivity index (χ1v) is 6.92. The zero-order valence-electron chi connectivity index (χ0n) is 12.6. The van der Waals surface area contributed by atoms with Gasteiger partial charge in [0.1, 0.15) is 5.56 Å². The Balaban J connectivity index is 2.02. The Hall–Kier alpha value is -2.14. The lowest BCUT2D eigenvalue weighted by atomic mass is 9.84. The van der Waals surface area contributed by atoms with Crippen molar-refractivity contribution in [1.82, 2.24) is 15.1 Å². The van der Waals surface area contributed by atoms with Crippen LogP contribution in [0.15, 0.2) is 36.5 Å². The zero-order chi connectivity index (χ0) is 15.5. The second-order valence-electron chi connectivity index (χ2n) is 5.79. The van der Waals surface area contributed by atoms with Crippen LogP contribution in [0.4, 0.5) is 0 Å². The van der Waals surface area contributed by atoms with Crippen LogP contribution in [0.2, 0.25) is 0 Å². The summed E-state index contributed by atoms with van der Waals surface area (Å²) >= 11 is 0. The van der Waals surface area contributed by atoms with Gasteiger partial charge in [0.2, 0.25) is 0 Å². The van der Waals surface area contributed by atoms with Gasteiger partial charge in [-0.2, -0.15) is 5.10 Å². The van der Waals surface area contributed by atoms with Crippen molar-refractivity contribution in [2.75, 3.05) is 6.54 Å². The van der Waals surface area contributed by atoms with E-state index in [0.29, 0.717) is 12.2 Å². The molecule has 0 atom stereocenters. The molecule has 21 heavy (non-hydrogen) atoms. The summed E-state index contributed by atoms with van der Waals surface area (Å²) in [5, 5.41) is 16.5. The Labute approximate surface area is 124 Å². The lowest BCUT2D eigenvalue weighted by Gasteiger charge is -2.25. The van der Waals surface area contributed by atoms with Gasteiger partial charge in [0, 0.05) is 25.6 Å². The fourth-order valence-corrected chi connectivity index (χ4v) is 2.34. The van der Waals surface area contributed by atoms with Gasteiger partial charge in [-0.3, -0.25) is 4.68 Å². The minimum atomic E-state index is -0.942. The molecule has 0 bridgehead atoms. The van der Waals surface area contributed by atoms with Gasteiger partial charge in [0.15, 0.2) is 0 Å². The van der Waals surface area contributed by atoms with Gasteiger partial charge in [-0.05, 0) is 5.56 Å². The van der Waals surface area contributed by atoms with E-state index in [9.17, 15) is 4.79 Å². The number of nitrogens with one attached hydrogen (secondary N) is 1. The SMILES string of the molecule is Cn1ncc(C(=O)O)c1CNCC(C)(C)c1ccccc1. The van der Waals surface area contributed by atoms with E-state index >= 15 is 0 Å². The third-order valence-corrected chi connectivity index (χ3v) is 3.71. The predicted molar refractivity (Wildman–Crippen MR) is 81.3 cm³/mol. The maximum Gasteiger partial charge on any atom is 0.339 e. The summed E-state index contributed by atoms with van der Waals surface area (Å²) in [6.45, 7) is 5.56. The minimum absolute atomic E-state index is 0.0246. The minimum Gasteiger partial charge on any atom is -0.478 e. The zero-order valence-corrected chi connectivity index (χ0v) is 12.6.